The summed E-state index contributed by atoms with van der Waals surface area (Å²) in [6.45, 7) is 3.56. The predicted molar refractivity (Wildman–Crippen MR) is 96.9 cm³/mol. The standard InChI is InChI=1S/C19H22N2O2S/c1-3-24-18-7-5-16(13-20-18)19(22)21-10-8-14-4-6-17(23-2)12-15(14)9-11-21/h4-7,12-13H,3,8-11H2,1-2H3. The molecule has 1 aromatic carbocycles. The largest absolute Gasteiger partial charge is 0.497 e. The number of carbonyl (C=O) groups is 1. The van der Waals surface area contributed by atoms with E-state index in [4.69, 9.17) is 4.74 Å². The fourth-order valence-electron chi connectivity index (χ4n) is 2.95. The molecule has 0 unspecified atom stereocenters. The lowest BCUT2D eigenvalue weighted by Gasteiger charge is -2.20. The molecular weight excluding hydrogens is 320 g/mol. The molecule has 0 spiro atoms. The summed E-state index contributed by atoms with van der Waals surface area (Å²) in [5.41, 5.74) is 3.25. The first kappa shape index (κ1) is 16.8. The van der Waals surface area contributed by atoms with Gasteiger partial charge in [-0.3, -0.25) is 4.79 Å². The van der Waals surface area contributed by atoms with Gasteiger partial charge in [-0.15, -0.1) is 11.8 Å². The molecule has 24 heavy (non-hydrogen) atoms. The van der Waals surface area contributed by atoms with Gasteiger partial charge in [0.25, 0.3) is 5.91 Å². The van der Waals surface area contributed by atoms with Gasteiger partial charge in [0.05, 0.1) is 17.7 Å². The van der Waals surface area contributed by atoms with Crippen LogP contribution >= 0.6 is 11.8 Å². The smallest absolute Gasteiger partial charge is 0.255 e. The molecule has 1 aliphatic heterocycles. The maximum Gasteiger partial charge on any atom is 0.255 e. The van der Waals surface area contributed by atoms with E-state index < -0.39 is 0 Å². The molecule has 0 atom stereocenters. The third kappa shape index (κ3) is 3.73. The van der Waals surface area contributed by atoms with Crippen molar-refractivity contribution in [2.24, 2.45) is 0 Å². The van der Waals surface area contributed by atoms with Crippen molar-refractivity contribution in [1.82, 2.24) is 9.88 Å². The quantitative estimate of drug-likeness (QED) is 0.798. The topological polar surface area (TPSA) is 42.4 Å². The SMILES string of the molecule is CCSc1ccc(C(=O)N2CCc3ccc(OC)cc3CC2)cn1. The Morgan fingerprint density at radius 2 is 2.00 bits per heavy atom. The van der Waals surface area contributed by atoms with Crippen LogP contribution in [0.5, 0.6) is 5.75 Å². The summed E-state index contributed by atoms with van der Waals surface area (Å²) >= 11 is 1.68. The molecular formula is C19H22N2O2S. The Balaban J connectivity index is 1.71. The van der Waals surface area contributed by atoms with Crippen molar-refractivity contribution < 1.29 is 9.53 Å². The average Bonchev–Trinajstić information content (AvgIpc) is 2.84. The molecule has 0 fully saturated rings. The number of hydrogen-bond donors (Lipinski definition) is 0. The molecule has 4 nitrogen and oxygen atoms in total. The summed E-state index contributed by atoms with van der Waals surface area (Å²) < 4.78 is 5.30. The minimum Gasteiger partial charge on any atom is -0.497 e. The van der Waals surface area contributed by atoms with E-state index in [0.717, 1.165) is 42.5 Å². The number of rotatable bonds is 4. The zero-order chi connectivity index (χ0) is 16.9. The summed E-state index contributed by atoms with van der Waals surface area (Å²) in [7, 11) is 1.68. The van der Waals surface area contributed by atoms with Gasteiger partial charge in [-0.05, 0) is 54.0 Å². The number of methoxy groups -OCH3 is 1. The van der Waals surface area contributed by atoms with Gasteiger partial charge in [0, 0.05) is 19.3 Å². The van der Waals surface area contributed by atoms with Crippen LogP contribution in [0.25, 0.3) is 0 Å². The number of hydrogen-bond acceptors (Lipinski definition) is 4. The van der Waals surface area contributed by atoms with Gasteiger partial charge >= 0.3 is 0 Å². The second-order valence-electron chi connectivity index (χ2n) is 5.74. The van der Waals surface area contributed by atoms with Crippen molar-refractivity contribution in [3.8, 4) is 5.75 Å². The highest BCUT2D eigenvalue weighted by molar-refractivity contribution is 7.99. The Hall–Kier alpha value is -2.01. The van der Waals surface area contributed by atoms with Crippen molar-refractivity contribution in [2.75, 3.05) is 26.0 Å². The number of amides is 1. The highest BCUT2D eigenvalue weighted by atomic mass is 32.2. The van der Waals surface area contributed by atoms with Crippen molar-refractivity contribution in [1.29, 1.82) is 0 Å². The summed E-state index contributed by atoms with van der Waals surface area (Å²) in [6, 6.07) is 10.00. The van der Waals surface area contributed by atoms with E-state index in [1.54, 1.807) is 25.1 Å². The molecule has 0 bridgehead atoms. The monoisotopic (exact) mass is 342 g/mol. The minimum atomic E-state index is 0.0651. The highest BCUT2D eigenvalue weighted by Gasteiger charge is 2.20. The van der Waals surface area contributed by atoms with Crippen molar-refractivity contribution in [2.45, 2.75) is 24.8 Å². The number of thioether (sulfide) groups is 1. The van der Waals surface area contributed by atoms with E-state index in [2.05, 4.69) is 24.0 Å². The van der Waals surface area contributed by atoms with E-state index in [1.807, 2.05) is 23.1 Å². The molecule has 2 aromatic rings. The molecule has 1 aliphatic rings. The minimum absolute atomic E-state index is 0.0651. The van der Waals surface area contributed by atoms with Crippen LogP contribution in [0.4, 0.5) is 0 Å². The third-order valence-electron chi connectivity index (χ3n) is 4.28. The van der Waals surface area contributed by atoms with Gasteiger partial charge in [0.1, 0.15) is 5.75 Å². The second-order valence-corrected chi connectivity index (χ2v) is 7.03. The molecule has 1 aromatic heterocycles. The fourth-order valence-corrected chi connectivity index (χ4v) is 3.54. The number of carbonyl (C=O) groups excluding carboxylic acids is 1. The Morgan fingerprint density at radius 3 is 2.67 bits per heavy atom. The lowest BCUT2D eigenvalue weighted by molar-refractivity contribution is 0.0762. The van der Waals surface area contributed by atoms with E-state index in [-0.39, 0.29) is 5.91 Å². The molecule has 2 heterocycles. The third-order valence-corrected chi connectivity index (χ3v) is 5.10. The van der Waals surface area contributed by atoms with Gasteiger partial charge < -0.3 is 9.64 Å². The molecule has 0 aliphatic carbocycles. The summed E-state index contributed by atoms with van der Waals surface area (Å²) in [4.78, 5) is 19.0. The van der Waals surface area contributed by atoms with Gasteiger partial charge in [-0.2, -0.15) is 0 Å². The lowest BCUT2D eigenvalue weighted by atomic mass is 10.0. The average molecular weight is 342 g/mol. The Kier molecular flexibility index (Phi) is 5.41. The van der Waals surface area contributed by atoms with Crippen LogP contribution in [0, 0.1) is 0 Å². The van der Waals surface area contributed by atoms with Gasteiger partial charge in [-0.1, -0.05) is 13.0 Å². The maximum atomic E-state index is 12.8. The first-order valence-corrected chi connectivity index (χ1v) is 9.23. The molecule has 126 valence electrons. The molecule has 5 heteroatoms. The van der Waals surface area contributed by atoms with Crippen LogP contribution in [0.15, 0.2) is 41.6 Å². The van der Waals surface area contributed by atoms with Gasteiger partial charge in [-0.25, -0.2) is 4.98 Å². The van der Waals surface area contributed by atoms with Crippen LogP contribution in [0.3, 0.4) is 0 Å². The first-order chi connectivity index (χ1) is 11.7. The number of aromatic nitrogens is 1. The Bertz CT molecular complexity index is 716. The normalized spacial score (nSPS) is 14.0. The number of fused-ring (bicyclic) bond motifs is 1. The molecule has 3 rings (SSSR count). The van der Waals surface area contributed by atoms with Crippen LogP contribution < -0.4 is 4.74 Å². The van der Waals surface area contributed by atoms with E-state index in [1.165, 1.54) is 11.1 Å². The maximum absolute atomic E-state index is 12.8. The predicted octanol–water partition coefficient (Wildman–Crippen LogP) is 3.44. The number of benzene rings is 1. The second kappa shape index (κ2) is 7.71. The van der Waals surface area contributed by atoms with Crippen molar-refractivity contribution in [3.63, 3.8) is 0 Å². The molecule has 0 saturated heterocycles. The van der Waals surface area contributed by atoms with Crippen molar-refractivity contribution >= 4 is 17.7 Å². The summed E-state index contributed by atoms with van der Waals surface area (Å²) in [6.07, 6.45) is 3.43. The summed E-state index contributed by atoms with van der Waals surface area (Å²) in [5.74, 6) is 1.92. The van der Waals surface area contributed by atoms with Crippen LogP contribution in [0.2, 0.25) is 0 Å². The van der Waals surface area contributed by atoms with Crippen molar-refractivity contribution in [3.05, 3.63) is 53.2 Å². The zero-order valence-electron chi connectivity index (χ0n) is 14.1. The Morgan fingerprint density at radius 1 is 1.21 bits per heavy atom. The van der Waals surface area contributed by atoms with Crippen LogP contribution in [-0.2, 0) is 12.8 Å². The van der Waals surface area contributed by atoms with Gasteiger partial charge in [0.2, 0.25) is 0 Å². The molecule has 0 radical (unpaired) electrons. The van der Waals surface area contributed by atoms with Gasteiger partial charge in [0.15, 0.2) is 0 Å². The highest BCUT2D eigenvalue weighted by Crippen LogP contribution is 2.22. The zero-order valence-corrected chi connectivity index (χ0v) is 14.9. The fraction of sp³-hybridized carbons (Fsp3) is 0.368. The Labute approximate surface area is 147 Å². The summed E-state index contributed by atoms with van der Waals surface area (Å²) in [5, 5.41) is 0.962. The van der Waals surface area contributed by atoms with E-state index in [0.29, 0.717) is 5.56 Å². The molecule has 0 N–H and O–H groups in total. The van der Waals surface area contributed by atoms with Crippen LogP contribution in [0.1, 0.15) is 28.4 Å². The van der Waals surface area contributed by atoms with E-state index >= 15 is 0 Å². The number of nitrogens with zero attached hydrogens (tertiary/aromatic N) is 2. The van der Waals surface area contributed by atoms with Crippen LogP contribution in [-0.4, -0.2) is 41.7 Å². The molecule has 1 amide bonds. The molecule has 0 saturated carbocycles. The first-order valence-electron chi connectivity index (χ1n) is 8.25. The van der Waals surface area contributed by atoms with E-state index in [9.17, 15) is 4.79 Å². The number of ether oxygens (including phenoxy) is 1. The number of pyridine rings is 1. The lowest BCUT2D eigenvalue weighted by Crippen LogP contribution is -2.33.